The third kappa shape index (κ3) is 4.92. The Morgan fingerprint density at radius 3 is 2.09 bits per heavy atom. The molecule has 1 fully saturated rings. The maximum Gasteiger partial charge on any atom is 0.254 e. The Morgan fingerprint density at radius 2 is 1.41 bits per heavy atom. The molecule has 0 bridgehead atoms. The average molecular weight is 449 g/mol. The Morgan fingerprint density at radius 1 is 0.781 bits per heavy atom. The van der Waals surface area contributed by atoms with E-state index in [1.165, 1.54) is 9.87 Å². The highest BCUT2D eigenvalue weighted by Gasteiger charge is 2.30. The summed E-state index contributed by atoms with van der Waals surface area (Å²) < 4.78 is 27.4. The Hall–Kier alpha value is -2.96. The maximum absolute atomic E-state index is 13.3. The number of rotatable bonds is 6. The number of piperazine rings is 1. The van der Waals surface area contributed by atoms with E-state index in [2.05, 4.69) is 12.1 Å². The molecule has 4 rings (SSSR count). The second-order valence-electron chi connectivity index (χ2n) is 8.15. The highest BCUT2D eigenvalue weighted by molar-refractivity contribution is 7.89. The Kier molecular flexibility index (Phi) is 6.72. The van der Waals surface area contributed by atoms with Crippen LogP contribution in [0, 0.1) is 6.92 Å². The van der Waals surface area contributed by atoms with Gasteiger partial charge in [-0.15, -0.1) is 0 Å². The second kappa shape index (κ2) is 9.67. The normalized spacial score (nSPS) is 15.0. The minimum atomic E-state index is -3.54. The first kappa shape index (κ1) is 22.2. The van der Waals surface area contributed by atoms with Crippen LogP contribution in [0.2, 0.25) is 0 Å². The van der Waals surface area contributed by atoms with Crippen molar-refractivity contribution < 1.29 is 13.2 Å². The van der Waals surface area contributed by atoms with Gasteiger partial charge in [0.1, 0.15) is 0 Å². The molecule has 0 saturated carbocycles. The van der Waals surface area contributed by atoms with Gasteiger partial charge in [0.05, 0.1) is 4.90 Å². The summed E-state index contributed by atoms with van der Waals surface area (Å²) in [6.07, 6.45) is 1.65. The molecule has 1 heterocycles. The van der Waals surface area contributed by atoms with Crippen molar-refractivity contribution in [3.63, 3.8) is 0 Å². The fraction of sp³-hybridized carbons (Fsp3) is 0.269. The molecule has 1 aliphatic heterocycles. The fourth-order valence-electron chi connectivity index (χ4n) is 4.03. The fourth-order valence-corrected chi connectivity index (χ4v) is 5.45. The highest BCUT2D eigenvalue weighted by atomic mass is 32.2. The maximum atomic E-state index is 13.3. The summed E-state index contributed by atoms with van der Waals surface area (Å²) in [4.78, 5) is 15.3. The lowest BCUT2D eigenvalue weighted by Crippen LogP contribution is -2.50. The summed E-state index contributed by atoms with van der Waals surface area (Å²) in [5.74, 6) is -0.0268. The first-order valence-electron chi connectivity index (χ1n) is 10.9. The van der Waals surface area contributed by atoms with Crippen LogP contribution in [-0.4, -0.2) is 49.7 Å². The summed E-state index contributed by atoms with van der Waals surface area (Å²) in [5, 5.41) is 0. The van der Waals surface area contributed by atoms with E-state index in [4.69, 9.17) is 0 Å². The van der Waals surface area contributed by atoms with E-state index in [0.717, 1.165) is 24.0 Å². The predicted octanol–water partition coefficient (Wildman–Crippen LogP) is 3.93. The molecule has 3 aromatic rings. The van der Waals surface area contributed by atoms with Crippen LogP contribution in [0.5, 0.6) is 0 Å². The minimum Gasteiger partial charge on any atom is -0.336 e. The zero-order chi connectivity index (χ0) is 22.6. The number of aryl methyl sites for hydroxylation is 3. The summed E-state index contributed by atoms with van der Waals surface area (Å²) in [6, 6.07) is 24.9. The smallest absolute Gasteiger partial charge is 0.254 e. The number of benzene rings is 3. The molecular formula is C26H28N2O3S. The minimum absolute atomic E-state index is 0.0268. The molecule has 1 aliphatic rings. The molecule has 0 aromatic heterocycles. The average Bonchev–Trinajstić information content (AvgIpc) is 2.83. The van der Waals surface area contributed by atoms with Gasteiger partial charge in [-0.25, -0.2) is 8.42 Å². The lowest BCUT2D eigenvalue weighted by Gasteiger charge is -2.34. The van der Waals surface area contributed by atoms with Crippen molar-refractivity contribution in [1.82, 2.24) is 9.21 Å². The lowest BCUT2D eigenvalue weighted by molar-refractivity contribution is 0.0696. The van der Waals surface area contributed by atoms with E-state index in [9.17, 15) is 13.2 Å². The van der Waals surface area contributed by atoms with Gasteiger partial charge in [-0.1, -0.05) is 66.2 Å². The standard InChI is InChI=1S/C26H28N2O3S/c1-21-11-15-24(16-12-21)32(30,31)28-19-17-27(18-20-28)26(29)25-10-6-5-9-23(25)14-13-22-7-3-2-4-8-22/h2-12,15-16H,13-14,17-20H2,1H3. The van der Waals surface area contributed by atoms with Gasteiger partial charge in [-0.3, -0.25) is 4.79 Å². The molecule has 0 spiro atoms. The van der Waals surface area contributed by atoms with Gasteiger partial charge >= 0.3 is 0 Å². The van der Waals surface area contributed by atoms with Crippen LogP contribution in [0.15, 0.2) is 83.8 Å². The van der Waals surface area contributed by atoms with Crippen molar-refractivity contribution in [2.24, 2.45) is 0 Å². The number of nitrogens with zero attached hydrogens (tertiary/aromatic N) is 2. The van der Waals surface area contributed by atoms with Crippen LogP contribution in [0.25, 0.3) is 0 Å². The van der Waals surface area contributed by atoms with Crippen molar-refractivity contribution >= 4 is 15.9 Å². The van der Waals surface area contributed by atoms with Gasteiger partial charge in [0.2, 0.25) is 10.0 Å². The summed E-state index contributed by atoms with van der Waals surface area (Å²) in [7, 11) is -3.54. The molecule has 0 aliphatic carbocycles. The SMILES string of the molecule is Cc1ccc(S(=O)(=O)N2CCN(C(=O)c3ccccc3CCc3ccccc3)CC2)cc1. The molecule has 6 heteroatoms. The van der Waals surface area contributed by atoms with Crippen molar-refractivity contribution in [3.8, 4) is 0 Å². The molecule has 0 N–H and O–H groups in total. The molecule has 0 atom stereocenters. The molecule has 1 amide bonds. The number of carbonyl (C=O) groups is 1. The zero-order valence-corrected chi connectivity index (χ0v) is 19.1. The first-order valence-corrected chi connectivity index (χ1v) is 12.4. The lowest BCUT2D eigenvalue weighted by atomic mass is 9.99. The van der Waals surface area contributed by atoms with Crippen LogP contribution >= 0.6 is 0 Å². The third-order valence-corrected chi connectivity index (χ3v) is 7.87. The van der Waals surface area contributed by atoms with Gasteiger partial charge < -0.3 is 4.90 Å². The van der Waals surface area contributed by atoms with E-state index >= 15 is 0 Å². The number of hydrogen-bond donors (Lipinski definition) is 0. The molecule has 32 heavy (non-hydrogen) atoms. The third-order valence-electron chi connectivity index (χ3n) is 5.96. The molecule has 3 aromatic carbocycles. The van der Waals surface area contributed by atoms with Gasteiger partial charge in [-0.05, 0) is 49.1 Å². The van der Waals surface area contributed by atoms with Gasteiger partial charge in [-0.2, -0.15) is 4.31 Å². The first-order chi connectivity index (χ1) is 15.4. The summed E-state index contributed by atoms with van der Waals surface area (Å²) >= 11 is 0. The number of hydrogen-bond acceptors (Lipinski definition) is 3. The van der Waals surface area contributed by atoms with Crippen LogP contribution in [0.4, 0.5) is 0 Å². The van der Waals surface area contributed by atoms with E-state index < -0.39 is 10.0 Å². The zero-order valence-electron chi connectivity index (χ0n) is 18.3. The predicted molar refractivity (Wildman–Crippen MR) is 126 cm³/mol. The van der Waals surface area contributed by atoms with Crippen molar-refractivity contribution in [1.29, 1.82) is 0 Å². The monoisotopic (exact) mass is 448 g/mol. The molecular weight excluding hydrogens is 420 g/mol. The van der Waals surface area contributed by atoms with E-state index in [-0.39, 0.29) is 5.91 Å². The van der Waals surface area contributed by atoms with Crippen molar-refractivity contribution in [3.05, 3.63) is 101 Å². The number of carbonyl (C=O) groups excluding carboxylic acids is 1. The van der Waals surface area contributed by atoms with Gasteiger partial charge in [0.25, 0.3) is 5.91 Å². The topological polar surface area (TPSA) is 57.7 Å². The Bertz CT molecular complexity index is 1170. The van der Waals surface area contributed by atoms with Crippen molar-refractivity contribution in [2.75, 3.05) is 26.2 Å². The highest BCUT2D eigenvalue weighted by Crippen LogP contribution is 2.20. The van der Waals surface area contributed by atoms with Gasteiger partial charge in [0.15, 0.2) is 0 Å². The van der Waals surface area contributed by atoms with Crippen LogP contribution < -0.4 is 0 Å². The summed E-state index contributed by atoms with van der Waals surface area (Å²) in [5.41, 5.74) is 3.99. The van der Waals surface area contributed by atoms with Gasteiger partial charge in [0, 0.05) is 31.7 Å². The molecule has 0 radical (unpaired) electrons. The molecule has 166 valence electrons. The molecule has 0 unspecified atom stereocenters. The molecule has 5 nitrogen and oxygen atoms in total. The van der Waals surface area contributed by atoms with Crippen LogP contribution in [-0.2, 0) is 22.9 Å². The Balaban J connectivity index is 1.42. The quantitative estimate of drug-likeness (QED) is 0.574. The van der Waals surface area contributed by atoms with E-state index in [1.54, 1.807) is 29.2 Å². The molecule has 1 saturated heterocycles. The van der Waals surface area contributed by atoms with E-state index in [1.807, 2.05) is 49.4 Å². The van der Waals surface area contributed by atoms with Crippen molar-refractivity contribution in [2.45, 2.75) is 24.7 Å². The number of amides is 1. The Labute approximate surface area is 190 Å². The van der Waals surface area contributed by atoms with Crippen LogP contribution in [0.3, 0.4) is 0 Å². The second-order valence-corrected chi connectivity index (χ2v) is 10.1. The summed E-state index contributed by atoms with van der Waals surface area (Å²) in [6.45, 7) is 3.30. The van der Waals surface area contributed by atoms with Crippen LogP contribution in [0.1, 0.15) is 27.0 Å². The number of sulfonamides is 1. The largest absolute Gasteiger partial charge is 0.336 e. The van der Waals surface area contributed by atoms with E-state index in [0.29, 0.717) is 36.6 Å².